The number of fused-ring (bicyclic) bond motifs is 1. The van der Waals surface area contributed by atoms with Gasteiger partial charge in [-0.2, -0.15) is 5.26 Å². The molecule has 0 fully saturated rings. The zero-order chi connectivity index (χ0) is 15.0. The maximum Gasteiger partial charge on any atom is 0.417 e. The van der Waals surface area contributed by atoms with E-state index in [-0.39, 0.29) is 0 Å². The number of anilines is 3. The summed E-state index contributed by atoms with van der Waals surface area (Å²) in [5.74, 6) is -0.554. The largest absolute Gasteiger partial charge is 0.417 e. The Bertz CT molecular complexity index is 936. The topological polar surface area (TPSA) is 108 Å². The van der Waals surface area contributed by atoms with Crippen molar-refractivity contribution in [1.29, 1.82) is 5.26 Å². The highest BCUT2D eigenvalue weighted by molar-refractivity contribution is 6.30. The van der Waals surface area contributed by atoms with E-state index in [9.17, 15) is 4.79 Å². The van der Waals surface area contributed by atoms with Crippen molar-refractivity contribution in [1.82, 2.24) is 4.98 Å². The number of nitrogen functional groups attached to an aromatic ring is 1. The number of aromatic amines is 1. The molecule has 6 nitrogen and oxygen atoms in total. The number of benzene rings is 2. The Morgan fingerprint density at radius 3 is 2.86 bits per heavy atom. The summed E-state index contributed by atoms with van der Waals surface area (Å²) >= 11 is 5.94. The van der Waals surface area contributed by atoms with Gasteiger partial charge in [0, 0.05) is 11.1 Å². The van der Waals surface area contributed by atoms with Crippen molar-refractivity contribution in [2.24, 2.45) is 0 Å². The van der Waals surface area contributed by atoms with Gasteiger partial charge in [0.05, 0.1) is 28.1 Å². The van der Waals surface area contributed by atoms with Crippen LogP contribution >= 0.6 is 11.6 Å². The average molecular weight is 301 g/mol. The average Bonchev–Trinajstić information content (AvgIpc) is 2.78. The van der Waals surface area contributed by atoms with Crippen LogP contribution in [0.25, 0.3) is 11.1 Å². The SMILES string of the molecule is N#Cc1ccc(Cl)cc1Nc1cc2[nH]c(=O)oc2cc1N. The summed E-state index contributed by atoms with van der Waals surface area (Å²) < 4.78 is 4.93. The number of nitrogens with two attached hydrogens (primary N) is 1. The Kier molecular flexibility index (Phi) is 3.05. The van der Waals surface area contributed by atoms with Gasteiger partial charge >= 0.3 is 5.76 Å². The lowest BCUT2D eigenvalue weighted by Crippen LogP contribution is -1.98. The van der Waals surface area contributed by atoms with E-state index in [2.05, 4.69) is 16.4 Å². The second kappa shape index (κ2) is 4.89. The lowest BCUT2D eigenvalue weighted by atomic mass is 10.1. The molecule has 0 spiro atoms. The van der Waals surface area contributed by atoms with Gasteiger partial charge in [-0.1, -0.05) is 11.6 Å². The molecule has 0 aliphatic rings. The van der Waals surface area contributed by atoms with E-state index < -0.39 is 5.76 Å². The maximum absolute atomic E-state index is 11.2. The van der Waals surface area contributed by atoms with E-state index in [1.165, 1.54) is 6.07 Å². The van der Waals surface area contributed by atoms with E-state index in [0.29, 0.717) is 38.7 Å². The lowest BCUT2D eigenvalue weighted by Gasteiger charge is -2.11. The van der Waals surface area contributed by atoms with E-state index in [1.54, 1.807) is 24.3 Å². The van der Waals surface area contributed by atoms with Crippen LogP contribution in [-0.4, -0.2) is 4.98 Å². The highest BCUT2D eigenvalue weighted by atomic mass is 35.5. The summed E-state index contributed by atoms with van der Waals surface area (Å²) in [7, 11) is 0. The minimum absolute atomic E-state index is 0.370. The number of nitriles is 1. The molecule has 0 aliphatic heterocycles. The van der Waals surface area contributed by atoms with Gasteiger partial charge in [-0.05, 0) is 24.3 Å². The fourth-order valence-corrected chi connectivity index (χ4v) is 2.16. The van der Waals surface area contributed by atoms with Crippen LogP contribution in [0.15, 0.2) is 39.5 Å². The Balaban J connectivity index is 2.09. The van der Waals surface area contributed by atoms with E-state index in [4.69, 9.17) is 27.0 Å². The first-order chi connectivity index (χ1) is 10.1. The number of nitrogens with zero attached hydrogens (tertiary/aromatic N) is 1. The number of H-pyrrole nitrogens is 1. The molecule has 3 aromatic rings. The zero-order valence-electron chi connectivity index (χ0n) is 10.6. The molecule has 2 aromatic carbocycles. The molecule has 21 heavy (non-hydrogen) atoms. The summed E-state index contributed by atoms with van der Waals surface area (Å²) in [5.41, 5.74) is 8.68. The number of halogens is 1. The summed E-state index contributed by atoms with van der Waals surface area (Å²) in [6.45, 7) is 0. The van der Waals surface area contributed by atoms with Gasteiger partial charge in [0.2, 0.25) is 0 Å². The van der Waals surface area contributed by atoms with Crippen LogP contribution < -0.4 is 16.8 Å². The third-order valence-electron chi connectivity index (χ3n) is 2.96. The zero-order valence-corrected chi connectivity index (χ0v) is 11.4. The molecule has 0 aliphatic carbocycles. The molecule has 3 rings (SSSR count). The molecular weight excluding hydrogens is 292 g/mol. The Morgan fingerprint density at radius 1 is 1.29 bits per heavy atom. The fourth-order valence-electron chi connectivity index (χ4n) is 1.98. The first-order valence-corrected chi connectivity index (χ1v) is 6.33. The van der Waals surface area contributed by atoms with Crippen LogP contribution in [0, 0.1) is 11.3 Å². The molecule has 1 heterocycles. The molecule has 1 aromatic heterocycles. The van der Waals surface area contributed by atoms with Crippen LogP contribution in [-0.2, 0) is 0 Å². The fraction of sp³-hybridized carbons (Fsp3) is 0. The second-order valence-corrected chi connectivity index (χ2v) is 4.81. The maximum atomic E-state index is 11.2. The minimum atomic E-state index is -0.554. The van der Waals surface area contributed by atoms with Crippen molar-refractivity contribution < 1.29 is 4.42 Å². The molecule has 0 saturated carbocycles. The molecule has 0 bridgehead atoms. The predicted octanol–water partition coefficient (Wildman–Crippen LogP) is 2.97. The third kappa shape index (κ3) is 2.42. The van der Waals surface area contributed by atoms with Crippen molar-refractivity contribution in [2.75, 3.05) is 11.1 Å². The summed E-state index contributed by atoms with van der Waals surface area (Å²) in [6.07, 6.45) is 0. The van der Waals surface area contributed by atoms with E-state index in [0.717, 1.165) is 0 Å². The number of hydrogen-bond donors (Lipinski definition) is 3. The highest BCUT2D eigenvalue weighted by Crippen LogP contribution is 2.30. The molecule has 0 radical (unpaired) electrons. The number of rotatable bonds is 2. The monoisotopic (exact) mass is 300 g/mol. The van der Waals surface area contributed by atoms with Crippen molar-refractivity contribution >= 4 is 39.8 Å². The normalized spacial score (nSPS) is 10.5. The van der Waals surface area contributed by atoms with Gasteiger partial charge in [-0.3, -0.25) is 4.98 Å². The van der Waals surface area contributed by atoms with Crippen LogP contribution in [0.4, 0.5) is 17.1 Å². The second-order valence-electron chi connectivity index (χ2n) is 4.38. The first kappa shape index (κ1) is 13.1. The lowest BCUT2D eigenvalue weighted by molar-refractivity contribution is 0.555. The molecular formula is C14H9ClN4O2. The summed E-state index contributed by atoms with van der Waals surface area (Å²) in [5, 5.41) is 12.6. The van der Waals surface area contributed by atoms with Crippen molar-refractivity contribution in [3.8, 4) is 6.07 Å². The Hall–Kier alpha value is -2.91. The van der Waals surface area contributed by atoms with Crippen LogP contribution in [0.5, 0.6) is 0 Å². The number of nitrogens with one attached hydrogen (secondary N) is 2. The predicted molar refractivity (Wildman–Crippen MR) is 80.7 cm³/mol. The highest BCUT2D eigenvalue weighted by Gasteiger charge is 2.09. The number of aromatic nitrogens is 1. The quantitative estimate of drug-likeness (QED) is 0.631. The van der Waals surface area contributed by atoms with E-state index >= 15 is 0 Å². The van der Waals surface area contributed by atoms with Gasteiger partial charge in [-0.15, -0.1) is 0 Å². The van der Waals surface area contributed by atoms with Crippen LogP contribution in [0.1, 0.15) is 5.56 Å². The number of hydrogen-bond acceptors (Lipinski definition) is 5. The molecule has 0 saturated heterocycles. The van der Waals surface area contributed by atoms with E-state index in [1.807, 2.05) is 0 Å². The van der Waals surface area contributed by atoms with Gasteiger partial charge in [0.25, 0.3) is 0 Å². The first-order valence-electron chi connectivity index (χ1n) is 5.96. The van der Waals surface area contributed by atoms with Crippen molar-refractivity contribution in [3.05, 3.63) is 51.5 Å². The number of oxazole rings is 1. The van der Waals surface area contributed by atoms with Crippen LogP contribution in [0.2, 0.25) is 5.02 Å². The molecule has 7 heteroatoms. The van der Waals surface area contributed by atoms with Gasteiger partial charge < -0.3 is 15.5 Å². The third-order valence-corrected chi connectivity index (χ3v) is 3.20. The smallest absolute Gasteiger partial charge is 0.408 e. The molecule has 0 atom stereocenters. The minimum Gasteiger partial charge on any atom is -0.408 e. The van der Waals surface area contributed by atoms with Gasteiger partial charge in [-0.25, -0.2) is 4.79 Å². The summed E-state index contributed by atoms with van der Waals surface area (Å²) in [4.78, 5) is 13.7. The molecule has 0 amide bonds. The van der Waals surface area contributed by atoms with Gasteiger partial charge in [0.15, 0.2) is 5.58 Å². The summed E-state index contributed by atoms with van der Waals surface area (Å²) in [6, 6.07) is 10.1. The molecule has 4 N–H and O–H groups in total. The van der Waals surface area contributed by atoms with Crippen LogP contribution in [0.3, 0.4) is 0 Å². The van der Waals surface area contributed by atoms with Gasteiger partial charge in [0.1, 0.15) is 6.07 Å². The standard InChI is InChI=1S/C14H9ClN4O2/c15-8-2-1-7(6-16)10(3-8)18-11-5-12-13(4-9(11)17)21-14(20)19-12/h1-5,18H,17H2,(H,19,20). The molecule has 0 unspecified atom stereocenters. The molecule has 104 valence electrons. The Morgan fingerprint density at radius 2 is 2.10 bits per heavy atom. The van der Waals surface area contributed by atoms with Crippen molar-refractivity contribution in [3.63, 3.8) is 0 Å². The van der Waals surface area contributed by atoms with Crippen molar-refractivity contribution in [2.45, 2.75) is 0 Å². The Labute approximate surface area is 123 Å².